The van der Waals surface area contributed by atoms with Gasteiger partial charge in [0, 0.05) is 30.4 Å². The largest absolute Gasteiger partial charge is 0.367 e. The molecule has 0 radical (unpaired) electrons. The number of hydrogen-bond donors (Lipinski definition) is 1. The maximum absolute atomic E-state index is 13.8. The van der Waals surface area contributed by atoms with E-state index in [9.17, 15) is 14.0 Å². The summed E-state index contributed by atoms with van der Waals surface area (Å²) in [4.78, 5) is 30.1. The Morgan fingerprint density at radius 3 is 2.85 bits per heavy atom. The molecule has 136 valence electrons. The molecule has 0 spiro atoms. The highest BCUT2D eigenvalue weighted by Gasteiger charge is 2.39. The Morgan fingerprint density at radius 2 is 2.12 bits per heavy atom. The Morgan fingerprint density at radius 1 is 1.35 bits per heavy atom. The number of ether oxygens (including phenoxy) is 1. The number of morpholine rings is 1. The van der Waals surface area contributed by atoms with E-state index in [-0.39, 0.29) is 31.3 Å². The first-order valence-corrected chi connectivity index (χ1v) is 8.30. The monoisotopic (exact) mass is 357 g/mol. The van der Waals surface area contributed by atoms with Crippen molar-refractivity contribution in [3.05, 3.63) is 65.2 Å². The predicted octanol–water partition coefficient (Wildman–Crippen LogP) is 1.53. The van der Waals surface area contributed by atoms with Gasteiger partial charge in [0.1, 0.15) is 5.82 Å². The molecule has 7 heteroatoms. The quantitative estimate of drug-likeness (QED) is 0.899. The molecule has 2 amide bonds. The molecule has 1 aliphatic heterocycles. The summed E-state index contributed by atoms with van der Waals surface area (Å²) in [5.41, 5.74) is 5.71. The maximum atomic E-state index is 13.8. The average molecular weight is 357 g/mol. The maximum Gasteiger partial charge on any atom is 0.254 e. The summed E-state index contributed by atoms with van der Waals surface area (Å²) in [6.45, 7) is 2.27. The number of nitrogens with two attached hydrogens (primary N) is 1. The van der Waals surface area contributed by atoms with Crippen LogP contribution in [0, 0.1) is 5.82 Å². The lowest BCUT2D eigenvalue weighted by molar-refractivity contribution is -0.150. The van der Waals surface area contributed by atoms with E-state index in [1.165, 1.54) is 17.2 Å². The first kappa shape index (κ1) is 18.0. The lowest BCUT2D eigenvalue weighted by Gasteiger charge is -2.38. The minimum absolute atomic E-state index is 0.0894. The van der Waals surface area contributed by atoms with Crippen molar-refractivity contribution in [3.63, 3.8) is 0 Å². The van der Waals surface area contributed by atoms with Crippen molar-refractivity contribution in [1.29, 1.82) is 0 Å². The van der Waals surface area contributed by atoms with Crippen LogP contribution in [0.25, 0.3) is 0 Å². The number of carbonyl (C=O) groups is 2. The topological polar surface area (TPSA) is 85.5 Å². The second-order valence-electron chi connectivity index (χ2n) is 6.47. The van der Waals surface area contributed by atoms with E-state index in [1.807, 2.05) is 0 Å². The Bertz CT molecular complexity index is 842. The Kier molecular flexibility index (Phi) is 4.99. The van der Waals surface area contributed by atoms with Crippen molar-refractivity contribution in [2.24, 2.45) is 5.73 Å². The van der Waals surface area contributed by atoms with Gasteiger partial charge in [-0.05, 0) is 30.7 Å². The van der Waals surface area contributed by atoms with E-state index in [0.29, 0.717) is 23.4 Å². The third-order valence-corrected chi connectivity index (χ3v) is 4.48. The Balaban J connectivity index is 1.78. The molecule has 1 saturated heterocycles. The number of halogens is 1. The summed E-state index contributed by atoms with van der Waals surface area (Å²) >= 11 is 0. The van der Waals surface area contributed by atoms with Crippen molar-refractivity contribution in [2.45, 2.75) is 18.9 Å². The van der Waals surface area contributed by atoms with Gasteiger partial charge in [-0.25, -0.2) is 4.39 Å². The van der Waals surface area contributed by atoms with Crippen LogP contribution in [-0.4, -0.2) is 47.0 Å². The SMILES string of the molecule is C[C@@]1(C(N)=O)CN(C(=O)c2ccnc(Cc3ccccc3F)c2)CCO1. The number of amides is 2. The first-order chi connectivity index (χ1) is 12.4. The zero-order valence-electron chi connectivity index (χ0n) is 14.4. The van der Waals surface area contributed by atoms with Crippen LogP contribution < -0.4 is 5.73 Å². The van der Waals surface area contributed by atoms with Crippen LogP contribution in [0.4, 0.5) is 4.39 Å². The molecule has 1 fully saturated rings. The summed E-state index contributed by atoms with van der Waals surface area (Å²) in [6, 6.07) is 9.71. The highest BCUT2D eigenvalue weighted by molar-refractivity contribution is 5.95. The zero-order chi connectivity index (χ0) is 18.7. The molecule has 1 atom stereocenters. The van der Waals surface area contributed by atoms with Crippen LogP contribution in [0.5, 0.6) is 0 Å². The summed E-state index contributed by atoms with van der Waals surface area (Å²) in [5, 5.41) is 0. The molecule has 2 aromatic rings. The normalized spacial score (nSPS) is 20.0. The van der Waals surface area contributed by atoms with Gasteiger partial charge in [0.2, 0.25) is 0 Å². The number of rotatable bonds is 4. The third-order valence-electron chi connectivity index (χ3n) is 4.48. The van der Waals surface area contributed by atoms with Gasteiger partial charge in [-0.2, -0.15) is 0 Å². The summed E-state index contributed by atoms with van der Waals surface area (Å²) in [6.07, 6.45) is 1.81. The van der Waals surface area contributed by atoms with Gasteiger partial charge in [-0.1, -0.05) is 18.2 Å². The van der Waals surface area contributed by atoms with Crippen LogP contribution in [0.15, 0.2) is 42.6 Å². The lowest BCUT2D eigenvalue weighted by atomic mass is 10.0. The van der Waals surface area contributed by atoms with Gasteiger partial charge >= 0.3 is 0 Å². The highest BCUT2D eigenvalue weighted by atomic mass is 19.1. The highest BCUT2D eigenvalue weighted by Crippen LogP contribution is 2.20. The van der Waals surface area contributed by atoms with Gasteiger partial charge in [-0.3, -0.25) is 14.6 Å². The van der Waals surface area contributed by atoms with Gasteiger partial charge in [-0.15, -0.1) is 0 Å². The van der Waals surface area contributed by atoms with Crippen molar-refractivity contribution in [3.8, 4) is 0 Å². The zero-order valence-corrected chi connectivity index (χ0v) is 14.4. The molecular formula is C19H20FN3O3. The molecule has 0 bridgehead atoms. The summed E-state index contributed by atoms with van der Waals surface area (Å²) in [5.74, 6) is -1.15. The number of nitrogens with zero attached hydrogens (tertiary/aromatic N) is 2. The molecule has 1 aliphatic rings. The minimum Gasteiger partial charge on any atom is -0.367 e. The van der Waals surface area contributed by atoms with Crippen molar-refractivity contribution in [1.82, 2.24) is 9.88 Å². The smallest absolute Gasteiger partial charge is 0.254 e. The fourth-order valence-electron chi connectivity index (χ4n) is 2.92. The van der Waals surface area contributed by atoms with Crippen LogP contribution >= 0.6 is 0 Å². The second-order valence-corrected chi connectivity index (χ2v) is 6.47. The molecule has 1 aromatic heterocycles. The molecule has 0 saturated carbocycles. The molecular weight excluding hydrogens is 337 g/mol. The van der Waals surface area contributed by atoms with Crippen LogP contribution in [0.1, 0.15) is 28.5 Å². The van der Waals surface area contributed by atoms with Gasteiger partial charge in [0.05, 0.1) is 13.2 Å². The summed E-state index contributed by atoms with van der Waals surface area (Å²) < 4.78 is 19.3. The number of carbonyl (C=O) groups excluding carboxylic acids is 2. The van der Waals surface area contributed by atoms with Crippen molar-refractivity contribution < 1.29 is 18.7 Å². The molecule has 3 rings (SSSR count). The first-order valence-electron chi connectivity index (χ1n) is 8.30. The molecule has 1 aromatic carbocycles. The van der Waals surface area contributed by atoms with Crippen LogP contribution in [-0.2, 0) is 16.0 Å². The molecule has 2 N–H and O–H groups in total. The minimum atomic E-state index is -1.20. The Hall–Kier alpha value is -2.80. The van der Waals surface area contributed by atoms with Gasteiger partial charge in [0.15, 0.2) is 5.60 Å². The third kappa shape index (κ3) is 3.72. The molecule has 0 aliphatic carbocycles. The standard InChI is InChI=1S/C19H20FN3O3/c1-19(18(21)25)12-23(8-9-26-19)17(24)14-6-7-22-15(11-14)10-13-4-2-3-5-16(13)20/h2-7,11H,8-10,12H2,1H3,(H2,21,25)/t19-/m0/s1. The van der Waals surface area contributed by atoms with E-state index in [4.69, 9.17) is 10.5 Å². The number of aromatic nitrogens is 1. The van der Waals surface area contributed by atoms with E-state index in [2.05, 4.69) is 4.98 Å². The number of hydrogen-bond acceptors (Lipinski definition) is 4. The van der Waals surface area contributed by atoms with E-state index < -0.39 is 11.5 Å². The number of benzene rings is 1. The molecule has 26 heavy (non-hydrogen) atoms. The van der Waals surface area contributed by atoms with E-state index in [1.54, 1.807) is 37.3 Å². The van der Waals surface area contributed by atoms with Crippen molar-refractivity contribution in [2.75, 3.05) is 19.7 Å². The fraction of sp³-hybridized carbons (Fsp3) is 0.316. The molecule has 2 heterocycles. The van der Waals surface area contributed by atoms with Gasteiger partial charge < -0.3 is 15.4 Å². The van der Waals surface area contributed by atoms with E-state index in [0.717, 1.165) is 0 Å². The van der Waals surface area contributed by atoms with E-state index >= 15 is 0 Å². The lowest BCUT2D eigenvalue weighted by Crippen LogP contribution is -2.58. The van der Waals surface area contributed by atoms with Crippen LogP contribution in [0.3, 0.4) is 0 Å². The average Bonchev–Trinajstić information content (AvgIpc) is 2.63. The summed E-state index contributed by atoms with van der Waals surface area (Å²) in [7, 11) is 0. The number of pyridine rings is 1. The van der Waals surface area contributed by atoms with Gasteiger partial charge in [0.25, 0.3) is 11.8 Å². The fourth-order valence-corrected chi connectivity index (χ4v) is 2.92. The molecule has 0 unspecified atom stereocenters. The number of primary amides is 1. The van der Waals surface area contributed by atoms with Crippen LogP contribution in [0.2, 0.25) is 0 Å². The predicted molar refractivity (Wildman–Crippen MR) is 92.9 cm³/mol. The second kappa shape index (κ2) is 7.21. The van der Waals surface area contributed by atoms with Crippen molar-refractivity contribution >= 4 is 11.8 Å². The Labute approximate surface area is 150 Å². The molecule has 6 nitrogen and oxygen atoms in total.